The number of H-pyrrole nitrogens is 1. The zero-order valence-electron chi connectivity index (χ0n) is 16.2. The lowest BCUT2D eigenvalue weighted by molar-refractivity contribution is -0.157. The molecule has 0 unspecified atom stereocenters. The molecule has 28 heavy (non-hydrogen) atoms. The van der Waals surface area contributed by atoms with Crippen molar-refractivity contribution in [2.24, 2.45) is 5.41 Å². The number of nitrogens with zero attached hydrogens (tertiary/aromatic N) is 1. The SMILES string of the molecule is CCO[C@@H]1C[C@H](NC(=O)Cn2c(=O)[nH]c3ccccc3c2=O)C12CCCCC2. The van der Waals surface area contributed by atoms with Gasteiger partial charge in [-0.2, -0.15) is 0 Å². The molecular weight excluding hydrogens is 358 g/mol. The van der Waals surface area contributed by atoms with Gasteiger partial charge in [-0.3, -0.25) is 14.2 Å². The van der Waals surface area contributed by atoms with Gasteiger partial charge in [-0.15, -0.1) is 0 Å². The third-order valence-corrected chi connectivity index (χ3v) is 6.46. The Bertz CT molecular complexity index is 987. The molecule has 2 aliphatic rings. The van der Waals surface area contributed by atoms with Gasteiger partial charge in [-0.05, 0) is 38.3 Å². The predicted octanol–water partition coefficient (Wildman–Crippen LogP) is 1.93. The van der Waals surface area contributed by atoms with Crippen LogP contribution >= 0.6 is 0 Å². The Labute approximate surface area is 163 Å². The zero-order chi connectivity index (χ0) is 19.7. The fraction of sp³-hybridized carbons (Fsp3) is 0.571. The van der Waals surface area contributed by atoms with Crippen molar-refractivity contribution in [2.45, 2.75) is 64.1 Å². The number of amides is 1. The standard InChI is InChI=1S/C21H27N3O4/c1-2-28-17-12-16(21(17)10-6-3-7-11-21)23-18(25)13-24-19(26)14-8-4-5-9-15(14)22-20(24)27/h4-5,8-9,16-17H,2-3,6-7,10-13H2,1H3,(H,22,27)(H,23,25)/t16-,17+/m0/s1. The van der Waals surface area contributed by atoms with E-state index in [1.54, 1.807) is 24.3 Å². The highest BCUT2D eigenvalue weighted by Crippen LogP contribution is 2.53. The van der Waals surface area contributed by atoms with E-state index in [1.165, 1.54) is 6.42 Å². The van der Waals surface area contributed by atoms with Crippen molar-refractivity contribution in [1.29, 1.82) is 0 Å². The molecule has 7 nitrogen and oxygen atoms in total. The third-order valence-electron chi connectivity index (χ3n) is 6.46. The molecule has 4 rings (SSSR count). The fourth-order valence-corrected chi connectivity index (χ4v) is 4.99. The summed E-state index contributed by atoms with van der Waals surface area (Å²) in [5.41, 5.74) is -0.520. The number of rotatable bonds is 5. The van der Waals surface area contributed by atoms with Gasteiger partial charge < -0.3 is 15.0 Å². The lowest BCUT2D eigenvalue weighted by Gasteiger charge is -2.57. The number of para-hydroxylation sites is 1. The van der Waals surface area contributed by atoms with Crippen LogP contribution in [0, 0.1) is 5.41 Å². The van der Waals surface area contributed by atoms with E-state index in [0.717, 1.165) is 36.7 Å². The molecule has 2 aliphatic carbocycles. The molecule has 150 valence electrons. The molecule has 1 aromatic heterocycles. The van der Waals surface area contributed by atoms with Gasteiger partial charge in [-0.25, -0.2) is 4.79 Å². The quantitative estimate of drug-likeness (QED) is 0.823. The molecule has 0 radical (unpaired) electrons. The maximum atomic E-state index is 12.7. The van der Waals surface area contributed by atoms with Crippen LogP contribution in [0.4, 0.5) is 0 Å². The maximum Gasteiger partial charge on any atom is 0.329 e. The molecule has 2 saturated carbocycles. The number of nitrogens with one attached hydrogen (secondary N) is 2. The van der Waals surface area contributed by atoms with Crippen molar-refractivity contribution in [3.05, 3.63) is 45.1 Å². The molecule has 2 aromatic rings. The van der Waals surface area contributed by atoms with Gasteiger partial charge in [0.05, 0.1) is 17.0 Å². The van der Waals surface area contributed by atoms with E-state index in [1.807, 2.05) is 6.92 Å². The van der Waals surface area contributed by atoms with Gasteiger partial charge in [0.1, 0.15) is 6.54 Å². The minimum atomic E-state index is -0.563. The third kappa shape index (κ3) is 3.17. The van der Waals surface area contributed by atoms with Crippen LogP contribution in [-0.4, -0.2) is 34.2 Å². The Morgan fingerprint density at radius 3 is 2.75 bits per heavy atom. The second-order valence-electron chi connectivity index (χ2n) is 7.96. The average molecular weight is 385 g/mol. The van der Waals surface area contributed by atoms with Crippen LogP contribution in [0.5, 0.6) is 0 Å². The number of ether oxygens (including phenoxy) is 1. The fourth-order valence-electron chi connectivity index (χ4n) is 4.99. The number of aromatic nitrogens is 2. The number of carbonyl (C=O) groups is 1. The minimum absolute atomic E-state index is 0.00465. The van der Waals surface area contributed by atoms with Crippen molar-refractivity contribution >= 4 is 16.8 Å². The summed E-state index contributed by atoms with van der Waals surface area (Å²) < 4.78 is 6.90. The smallest absolute Gasteiger partial charge is 0.329 e. The molecule has 2 N–H and O–H groups in total. The van der Waals surface area contributed by atoms with Crippen LogP contribution < -0.4 is 16.6 Å². The van der Waals surface area contributed by atoms with Gasteiger partial charge in [-0.1, -0.05) is 31.4 Å². The molecule has 0 aliphatic heterocycles. The largest absolute Gasteiger partial charge is 0.378 e. The van der Waals surface area contributed by atoms with Crippen LogP contribution in [0.25, 0.3) is 10.9 Å². The summed E-state index contributed by atoms with van der Waals surface area (Å²) in [6.07, 6.45) is 6.62. The highest BCUT2D eigenvalue weighted by atomic mass is 16.5. The number of fused-ring (bicyclic) bond motifs is 1. The van der Waals surface area contributed by atoms with Crippen molar-refractivity contribution in [3.8, 4) is 0 Å². The van der Waals surface area contributed by atoms with Crippen molar-refractivity contribution in [1.82, 2.24) is 14.9 Å². The van der Waals surface area contributed by atoms with E-state index in [-0.39, 0.29) is 30.0 Å². The normalized spacial score (nSPS) is 23.5. The molecule has 1 spiro atoms. The maximum absolute atomic E-state index is 12.7. The van der Waals surface area contributed by atoms with Crippen LogP contribution in [0.2, 0.25) is 0 Å². The second-order valence-corrected chi connectivity index (χ2v) is 7.96. The van der Waals surface area contributed by atoms with Crippen molar-refractivity contribution in [2.75, 3.05) is 6.61 Å². The monoisotopic (exact) mass is 385 g/mol. The Kier molecular flexibility index (Phi) is 5.10. The molecule has 2 atom stereocenters. The number of benzene rings is 1. The highest BCUT2D eigenvalue weighted by Gasteiger charge is 2.56. The van der Waals surface area contributed by atoms with Gasteiger partial charge in [0.25, 0.3) is 5.56 Å². The summed E-state index contributed by atoms with van der Waals surface area (Å²) in [6, 6.07) is 6.87. The predicted molar refractivity (Wildman–Crippen MR) is 106 cm³/mol. The molecule has 1 heterocycles. The Morgan fingerprint density at radius 2 is 2.00 bits per heavy atom. The van der Waals surface area contributed by atoms with E-state index >= 15 is 0 Å². The van der Waals surface area contributed by atoms with Gasteiger partial charge in [0, 0.05) is 18.1 Å². The number of hydrogen-bond donors (Lipinski definition) is 2. The van der Waals surface area contributed by atoms with E-state index in [2.05, 4.69) is 10.3 Å². The minimum Gasteiger partial charge on any atom is -0.378 e. The van der Waals surface area contributed by atoms with Crippen molar-refractivity contribution < 1.29 is 9.53 Å². The highest BCUT2D eigenvalue weighted by molar-refractivity contribution is 5.79. The molecule has 1 aromatic carbocycles. The molecular formula is C21H27N3O4. The summed E-state index contributed by atoms with van der Waals surface area (Å²) in [5, 5.41) is 3.49. The van der Waals surface area contributed by atoms with Crippen LogP contribution in [0.3, 0.4) is 0 Å². The Balaban J connectivity index is 1.51. The van der Waals surface area contributed by atoms with Gasteiger partial charge >= 0.3 is 5.69 Å². The molecule has 0 saturated heterocycles. The molecule has 0 bridgehead atoms. The number of carbonyl (C=O) groups excluding carboxylic acids is 1. The first-order valence-electron chi connectivity index (χ1n) is 10.2. The lowest BCUT2D eigenvalue weighted by atomic mass is 9.55. The summed E-state index contributed by atoms with van der Waals surface area (Å²) in [5.74, 6) is -0.298. The van der Waals surface area contributed by atoms with E-state index < -0.39 is 11.2 Å². The number of aromatic amines is 1. The Morgan fingerprint density at radius 1 is 1.25 bits per heavy atom. The average Bonchev–Trinajstić information content (AvgIpc) is 2.71. The molecule has 7 heteroatoms. The zero-order valence-corrected chi connectivity index (χ0v) is 16.2. The van der Waals surface area contributed by atoms with E-state index in [9.17, 15) is 14.4 Å². The molecule has 2 fully saturated rings. The second kappa shape index (κ2) is 7.54. The summed E-state index contributed by atoms with van der Waals surface area (Å²) in [4.78, 5) is 40.3. The van der Waals surface area contributed by atoms with Crippen molar-refractivity contribution in [3.63, 3.8) is 0 Å². The van der Waals surface area contributed by atoms with Crippen LogP contribution in [-0.2, 0) is 16.1 Å². The summed E-state index contributed by atoms with van der Waals surface area (Å²) in [7, 11) is 0. The first kappa shape index (κ1) is 18.9. The van der Waals surface area contributed by atoms with Crippen LogP contribution in [0.15, 0.2) is 33.9 Å². The summed E-state index contributed by atoms with van der Waals surface area (Å²) in [6.45, 7) is 2.40. The Hall–Kier alpha value is -2.41. The van der Waals surface area contributed by atoms with Gasteiger partial charge in [0.15, 0.2) is 0 Å². The molecule has 1 amide bonds. The van der Waals surface area contributed by atoms with E-state index in [4.69, 9.17) is 4.74 Å². The first-order valence-corrected chi connectivity index (χ1v) is 10.2. The number of hydrogen-bond acceptors (Lipinski definition) is 4. The van der Waals surface area contributed by atoms with Gasteiger partial charge in [0.2, 0.25) is 5.91 Å². The topological polar surface area (TPSA) is 93.2 Å². The first-order chi connectivity index (χ1) is 13.5. The summed E-state index contributed by atoms with van der Waals surface area (Å²) >= 11 is 0. The van der Waals surface area contributed by atoms with Crippen LogP contribution in [0.1, 0.15) is 45.4 Å². The van der Waals surface area contributed by atoms with E-state index in [0.29, 0.717) is 17.5 Å². The lowest BCUT2D eigenvalue weighted by Crippen LogP contribution is -2.65.